The Labute approximate surface area is 192 Å². The molecule has 4 rings (SSSR count). The van der Waals surface area contributed by atoms with Gasteiger partial charge in [-0.3, -0.25) is 4.72 Å². The van der Waals surface area contributed by atoms with E-state index in [1.807, 2.05) is 11.9 Å². The van der Waals surface area contributed by atoms with Gasteiger partial charge in [-0.2, -0.15) is 0 Å². The summed E-state index contributed by atoms with van der Waals surface area (Å²) in [5.74, 6) is 6.31. The highest BCUT2D eigenvalue weighted by atomic mass is 32.2. The Hall–Kier alpha value is 0.310. The predicted octanol–water partition coefficient (Wildman–Crippen LogP) is 8.35. The van der Waals surface area contributed by atoms with Crippen LogP contribution in [-0.2, 0) is 0 Å². The average Bonchev–Trinajstić information content (AvgIpc) is 3.01. The first kappa shape index (κ1) is 23.5. The van der Waals surface area contributed by atoms with Crippen molar-refractivity contribution in [1.29, 1.82) is 0 Å². The van der Waals surface area contributed by atoms with E-state index in [1.54, 1.807) is 19.3 Å². The van der Waals surface area contributed by atoms with Crippen molar-refractivity contribution in [2.24, 2.45) is 51.2 Å². The van der Waals surface area contributed by atoms with Gasteiger partial charge in [0.2, 0.25) is 0 Å². The van der Waals surface area contributed by atoms with Gasteiger partial charge in [0.25, 0.3) is 0 Å². The maximum Gasteiger partial charge on any atom is 0.0135 e. The molecule has 0 aromatic carbocycles. The number of nitrogens with one attached hydrogen (secondary N) is 1. The smallest absolute Gasteiger partial charge is 0.0135 e. The summed E-state index contributed by atoms with van der Waals surface area (Å²) < 4.78 is 3.32. The van der Waals surface area contributed by atoms with Gasteiger partial charge in [-0.25, -0.2) is 0 Å². The molecule has 4 aliphatic carbocycles. The lowest BCUT2D eigenvalue weighted by Gasteiger charge is -2.61. The highest BCUT2D eigenvalue weighted by Crippen LogP contribution is 2.68. The molecule has 0 radical (unpaired) electrons. The number of hydrogen-bond acceptors (Lipinski definition) is 2. The van der Waals surface area contributed by atoms with E-state index in [-0.39, 0.29) is 0 Å². The van der Waals surface area contributed by atoms with E-state index in [0.717, 1.165) is 29.6 Å². The second-order valence-electron chi connectivity index (χ2n) is 13.7. The molecule has 4 aliphatic rings. The lowest BCUT2D eigenvalue weighted by molar-refractivity contribution is -0.114. The molecular weight excluding hydrogens is 382 g/mol. The molecule has 0 amide bonds. The van der Waals surface area contributed by atoms with Crippen LogP contribution in [-0.4, -0.2) is 12.8 Å². The summed E-state index contributed by atoms with van der Waals surface area (Å²) in [4.78, 5) is 0. The molecule has 0 heterocycles. The van der Waals surface area contributed by atoms with Crippen LogP contribution >= 0.6 is 11.9 Å². The predicted molar refractivity (Wildman–Crippen MR) is 134 cm³/mol. The minimum absolute atomic E-state index is 0.361. The summed E-state index contributed by atoms with van der Waals surface area (Å²) in [7, 11) is 2.07. The van der Waals surface area contributed by atoms with E-state index >= 15 is 0 Å². The highest BCUT2D eigenvalue weighted by Gasteiger charge is 2.60. The van der Waals surface area contributed by atoms with Crippen molar-refractivity contribution in [3.05, 3.63) is 0 Å². The van der Waals surface area contributed by atoms with Gasteiger partial charge in [0, 0.05) is 5.75 Å². The van der Waals surface area contributed by atoms with Gasteiger partial charge in [-0.05, 0) is 116 Å². The van der Waals surface area contributed by atoms with Crippen molar-refractivity contribution in [3.8, 4) is 0 Å². The van der Waals surface area contributed by atoms with Crippen LogP contribution in [0.1, 0.15) is 112 Å². The molecule has 7 atom stereocenters. The summed E-state index contributed by atoms with van der Waals surface area (Å²) in [6, 6.07) is 0. The van der Waals surface area contributed by atoms with E-state index in [9.17, 15) is 0 Å². The standard InChI is InChI=1S/C28H51NS/c1-25(2,26(3,4)19-30-29-7)18-21-12-14-23-22-13-11-20-10-8-9-16-27(20,5)24(22)15-17-28(21,23)6/h20-24,29H,8-19H2,1-7H3. The third kappa shape index (κ3) is 3.72. The van der Waals surface area contributed by atoms with Crippen molar-refractivity contribution in [2.75, 3.05) is 12.8 Å². The molecule has 0 saturated heterocycles. The summed E-state index contributed by atoms with van der Waals surface area (Å²) >= 11 is 1.90. The van der Waals surface area contributed by atoms with Crippen molar-refractivity contribution in [3.63, 3.8) is 0 Å². The minimum atomic E-state index is 0.361. The first-order chi connectivity index (χ1) is 14.1. The second-order valence-corrected chi connectivity index (χ2v) is 14.7. The Balaban J connectivity index is 1.50. The third-order valence-electron chi connectivity index (χ3n) is 11.9. The Morgan fingerprint density at radius 2 is 1.53 bits per heavy atom. The summed E-state index contributed by atoms with van der Waals surface area (Å²) in [6.07, 6.45) is 16.7. The van der Waals surface area contributed by atoms with E-state index in [1.165, 1.54) is 57.1 Å². The van der Waals surface area contributed by atoms with Crippen LogP contribution in [0.15, 0.2) is 0 Å². The fourth-order valence-electron chi connectivity index (χ4n) is 9.08. The molecule has 4 saturated carbocycles. The molecule has 1 N–H and O–H groups in total. The van der Waals surface area contributed by atoms with Crippen LogP contribution in [0.2, 0.25) is 0 Å². The lowest BCUT2D eigenvalue weighted by atomic mass is 9.44. The topological polar surface area (TPSA) is 12.0 Å². The molecule has 0 aromatic heterocycles. The van der Waals surface area contributed by atoms with Gasteiger partial charge >= 0.3 is 0 Å². The molecule has 30 heavy (non-hydrogen) atoms. The molecular formula is C28H51NS. The Bertz CT molecular complexity index is 612. The van der Waals surface area contributed by atoms with E-state index in [4.69, 9.17) is 0 Å². The zero-order valence-electron chi connectivity index (χ0n) is 21.3. The van der Waals surface area contributed by atoms with E-state index in [2.05, 4.69) is 53.3 Å². The normalized spacial score (nSPS) is 44.3. The first-order valence-corrected chi connectivity index (χ1v) is 14.3. The van der Waals surface area contributed by atoms with Crippen LogP contribution in [0.3, 0.4) is 0 Å². The summed E-state index contributed by atoms with van der Waals surface area (Å²) in [5.41, 5.74) is 2.05. The molecule has 0 aliphatic heterocycles. The number of rotatable bonds is 6. The van der Waals surface area contributed by atoms with Crippen LogP contribution in [0.25, 0.3) is 0 Å². The van der Waals surface area contributed by atoms with E-state index < -0.39 is 0 Å². The Kier molecular flexibility index (Phi) is 6.47. The quantitative estimate of drug-likeness (QED) is 0.422. The maximum absolute atomic E-state index is 3.32. The highest BCUT2D eigenvalue weighted by molar-refractivity contribution is 7.97. The molecule has 0 bridgehead atoms. The molecule has 0 aromatic rings. The van der Waals surface area contributed by atoms with Gasteiger partial charge in [-0.15, -0.1) is 0 Å². The Morgan fingerprint density at radius 1 is 0.800 bits per heavy atom. The van der Waals surface area contributed by atoms with Crippen molar-refractivity contribution >= 4 is 11.9 Å². The monoisotopic (exact) mass is 433 g/mol. The fraction of sp³-hybridized carbons (Fsp3) is 1.00. The van der Waals surface area contributed by atoms with Gasteiger partial charge in [0.05, 0.1) is 0 Å². The zero-order valence-corrected chi connectivity index (χ0v) is 22.1. The molecule has 174 valence electrons. The first-order valence-electron chi connectivity index (χ1n) is 13.3. The fourth-order valence-corrected chi connectivity index (χ4v) is 9.98. The van der Waals surface area contributed by atoms with Crippen LogP contribution in [0, 0.1) is 51.2 Å². The van der Waals surface area contributed by atoms with E-state index in [0.29, 0.717) is 21.7 Å². The van der Waals surface area contributed by atoms with Crippen LogP contribution in [0.5, 0.6) is 0 Å². The van der Waals surface area contributed by atoms with Crippen molar-refractivity contribution < 1.29 is 0 Å². The largest absolute Gasteiger partial charge is 0.267 e. The summed E-state index contributed by atoms with van der Waals surface area (Å²) in [5, 5.41) is 0. The number of hydrogen-bond donors (Lipinski definition) is 1. The maximum atomic E-state index is 3.32. The molecule has 1 nitrogen and oxygen atoms in total. The average molecular weight is 434 g/mol. The molecule has 0 spiro atoms. The van der Waals surface area contributed by atoms with Crippen molar-refractivity contribution in [2.45, 2.75) is 112 Å². The molecule has 2 heteroatoms. The van der Waals surface area contributed by atoms with Gasteiger partial charge in [0.15, 0.2) is 0 Å². The SMILES string of the molecule is CNSCC(C)(C)C(C)(C)CC1CCC2C3CCC4CCCCC4(C)C3CCC12C. The lowest BCUT2D eigenvalue weighted by Crippen LogP contribution is -2.53. The van der Waals surface area contributed by atoms with Crippen LogP contribution in [0.4, 0.5) is 0 Å². The summed E-state index contributed by atoms with van der Waals surface area (Å²) in [6.45, 7) is 15.6. The second kappa shape index (κ2) is 8.27. The zero-order chi connectivity index (χ0) is 21.8. The van der Waals surface area contributed by atoms with Crippen LogP contribution < -0.4 is 4.72 Å². The number of fused-ring (bicyclic) bond motifs is 5. The van der Waals surface area contributed by atoms with Gasteiger partial charge in [0.1, 0.15) is 0 Å². The Morgan fingerprint density at radius 3 is 2.27 bits per heavy atom. The van der Waals surface area contributed by atoms with Gasteiger partial charge in [-0.1, -0.05) is 66.3 Å². The minimum Gasteiger partial charge on any atom is -0.267 e. The van der Waals surface area contributed by atoms with Gasteiger partial charge < -0.3 is 0 Å². The van der Waals surface area contributed by atoms with Crippen molar-refractivity contribution in [1.82, 2.24) is 4.72 Å². The molecule has 7 unspecified atom stereocenters. The molecule has 4 fully saturated rings. The third-order valence-corrected chi connectivity index (χ3v) is 13.1.